The Balaban J connectivity index is 1.44. The van der Waals surface area contributed by atoms with Gasteiger partial charge in [-0.2, -0.15) is 4.91 Å². The average molecular weight is 699 g/mol. The van der Waals surface area contributed by atoms with E-state index in [0.29, 0.717) is 33.3 Å². The van der Waals surface area contributed by atoms with E-state index in [2.05, 4.69) is 5.18 Å². The molecule has 1 N–H and O–H groups in total. The molecule has 1 aromatic heterocycles. The summed E-state index contributed by atoms with van der Waals surface area (Å²) in [6, 6.07) is 6.46. The number of aromatic nitrogens is 1. The van der Waals surface area contributed by atoms with Gasteiger partial charge in [0, 0.05) is 24.0 Å². The Hall–Kier alpha value is -4.39. The SMILES string of the molecule is Cc1c(C)c2c(c(C)c1OCC(=O)OC(C)(C)C)C(N=O)CC(C)(COc1ccc(Cc3sc(=O)n(CC(=O)OC(C)(C)C)c3O)cc1)O2. The van der Waals surface area contributed by atoms with Gasteiger partial charge in [-0.25, -0.2) is 4.79 Å². The molecule has 0 fully saturated rings. The third-order valence-electron chi connectivity index (χ3n) is 7.90. The second-order valence-corrected chi connectivity index (χ2v) is 15.6. The monoisotopic (exact) mass is 698 g/mol. The molecule has 0 spiro atoms. The molecule has 1 aliphatic rings. The summed E-state index contributed by atoms with van der Waals surface area (Å²) in [6.07, 6.45) is 0.536. The molecule has 0 aliphatic carbocycles. The summed E-state index contributed by atoms with van der Waals surface area (Å²) in [6.45, 7) is 17.5. The number of aromatic hydroxyl groups is 1. The minimum Gasteiger partial charge on any atom is -0.494 e. The third-order valence-corrected chi connectivity index (χ3v) is 8.87. The van der Waals surface area contributed by atoms with Crippen LogP contribution in [0.3, 0.4) is 0 Å². The van der Waals surface area contributed by atoms with Crippen LogP contribution in [0.5, 0.6) is 23.1 Å². The maximum atomic E-state index is 12.5. The topological polar surface area (TPSA) is 152 Å². The number of rotatable bonds is 11. The van der Waals surface area contributed by atoms with Crippen molar-refractivity contribution < 1.29 is 38.4 Å². The Morgan fingerprint density at radius 3 is 2.18 bits per heavy atom. The first kappa shape index (κ1) is 37.4. The molecule has 266 valence electrons. The number of carbonyl (C=O) groups is 2. The van der Waals surface area contributed by atoms with Crippen molar-refractivity contribution in [1.82, 2.24) is 4.57 Å². The molecular formula is C36H46N2O10S. The number of benzene rings is 2. The lowest BCUT2D eigenvalue weighted by Crippen LogP contribution is -2.43. The van der Waals surface area contributed by atoms with Crippen molar-refractivity contribution in [2.45, 2.75) is 111 Å². The van der Waals surface area contributed by atoms with Crippen molar-refractivity contribution in [3.05, 3.63) is 71.5 Å². The zero-order chi connectivity index (χ0) is 36.5. The minimum absolute atomic E-state index is 0.127. The Morgan fingerprint density at radius 1 is 0.980 bits per heavy atom. The molecule has 13 heteroatoms. The number of thiazole rings is 1. The number of fused-ring (bicyclic) bond motifs is 1. The van der Waals surface area contributed by atoms with Gasteiger partial charge in [0.15, 0.2) is 6.61 Å². The summed E-state index contributed by atoms with van der Waals surface area (Å²) >= 11 is 0.874. The van der Waals surface area contributed by atoms with Gasteiger partial charge in [-0.05, 0) is 98.1 Å². The van der Waals surface area contributed by atoms with Crippen molar-refractivity contribution in [1.29, 1.82) is 0 Å². The Bertz CT molecular complexity index is 1780. The van der Waals surface area contributed by atoms with Gasteiger partial charge >= 0.3 is 16.8 Å². The molecule has 0 saturated heterocycles. The van der Waals surface area contributed by atoms with Crippen LogP contribution in [0.15, 0.2) is 34.2 Å². The highest BCUT2D eigenvalue weighted by Gasteiger charge is 2.42. The standard InChI is InChI=1S/C36H46N2O10S/c1-20-21(2)31-29(22(3)30(20)44-18-28(40)47-35(7,8)9)25(37-43)16-36(10,48-31)19-45-24-13-11-23(12-14-24)15-26-32(41)38(33(42)49-26)17-27(39)46-34(4,5)6/h11-14,25,41H,15-19H2,1-10H3. The van der Waals surface area contributed by atoms with Crippen LogP contribution in [0.4, 0.5) is 0 Å². The first-order chi connectivity index (χ1) is 22.7. The van der Waals surface area contributed by atoms with E-state index in [1.54, 1.807) is 53.7 Å². The second kappa shape index (κ2) is 14.2. The molecule has 3 aromatic rings. The largest absolute Gasteiger partial charge is 0.494 e. The minimum atomic E-state index is -0.887. The normalized spacial score (nSPS) is 17.5. The molecule has 2 atom stereocenters. The molecule has 2 aromatic carbocycles. The molecule has 0 bridgehead atoms. The first-order valence-corrected chi connectivity index (χ1v) is 16.9. The number of hydrogen-bond donors (Lipinski definition) is 1. The van der Waals surface area contributed by atoms with E-state index in [1.165, 1.54) is 0 Å². The van der Waals surface area contributed by atoms with Crippen LogP contribution in [0.25, 0.3) is 0 Å². The van der Waals surface area contributed by atoms with Crippen LogP contribution in [-0.2, 0) is 32.0 Å². The predicted octanol–water partition coefficient (Wildman–Crippen LogP) is 6.62. The van der Waals surface area contributed by atoms with Crippen LogP contribution in [0, 0.1) is 25.7 Å². The van der Waals surface area contributed by atoms with Gasteiger partial charge < -0.3 is 28.8 Å². The van der Waals surface area contributed by atoms with E-state index in [9.17, 15) is 24.4 Å². The maximum Gasteiger partial charge on any atom is 0.344 e. The highest BCUT2D eigenvalue weighted by molar-refractivity contribution is 7.09. The zero-order valence-electron chi connectivity index (χ0n) is 29.8. The molecule has 4 rings (SSSR count). The molecule has 0 amide bonds. The average Bonchev–Trinajstić information content (AvgIpc) is 3.24. The van der Waals surface area contributed by atoms with Crippen molar-refractivity contribution in [3.63, 3.8) is 0 Å². The Kier molecular flexibility index (Phi) is 10.9. The lowest BCUT2D eigenvalue weighted by molar-refractivity contribution is -0.157. The highest BCUT2D eigenvalue weighted by Crippen LogP contribution is 2.49. The number of ether oxygens (including phenoxy) is 5. The van der Waals surface area contributed by atoms with Crippen LogP contribution < -0.4 is 19.1 Å². The summed E-state index contributed by atoms with van der Waals surface area (Å²) in [5.74, 6) is 0.244. The Morgan fingerprint density at radius 2 is 1.59 bits per heavy atom. The molecular weight excluding hydrogens is 652 g/mol. The predicted molar refractivity (Wildman–Crippen MR) is 185 cm³/mol. The fourth-order valence-electron chi connectivity index (χ4n) is 5.67. The molecule has 1 aliphatic heterocycles. The molecule has 2 heterocycles. The summed E-state index contributed by atoms with van der Waals surface area (Å²) < 4.78 is 30.2. The number of nitrogens with zero attached hydrogens (tertiary/aromatic N) is 2. The van der Waals surface area contributed by atoms with Crippen molar-refractivity contribution in [2.75, 3.05) is 13.2 Å². The van der Waals surface area contributed by atoms with E-state index in [1.807, 2.05) is 39.8 Å². The zero-order valence-corrected chi connectivity index (χ0v) is 30.7. The third kappa shape index (κ3) is 9.20. The fourth-order valence-corrected chi connectivity index (χ4v) is 6.58. The molecule has 12 nitrogen and oxygen atoms in total. The number of carbonyl (C=O) groups excluding carboxylic acids is 2. The van der Waals surface area contributed by atoms with E-state index in [-0.39, 0.29) is 38.5 Å². The lowest BCUT2D eigenvalue weighted by atomic mass is 9.84. The van der Waals surface area contributed by atoms with E-state index < -0.39 is 39.7 Å². The number of esters is 2. The van der Waals surface area contributed by atoms with E-state index >= 15 is 0 Å². The van der Waals surface area contributed by atoms with E-state index in [0.717, 1.165) is 32.6 Å². The quantitative estimate of drug-likeness (QED) is 0.171. The van der Waals surface area contributed by atoms with Crippen LogP contribution in [-0.4, -0.2) is 51.6 Å². The summed E-state index contributed by atoms with van der Waals surface area (Å²) in [4.78, 5) is 49.2. The van der Waals surface area contributed by atoms with Crippen LogP contribution >= 0.6 is 11.3 Å². The second-order valence-electron chi connectivity index (χ2n) is 14.6. The van der Waals surface area contributed by atoms with Gasteiger partial charge in [0.2, 0.25) is 5.88 Å². The van der Waals surface area contributed by atoms with Crippen LogP contribution in [0.2, 0.25) is 0 Å². The van der Waals surface area contributed by atoms with Gasteiger partial charge in [-0.15, -0.1) is 0 Å². The van der Waals surface area contributed by atoms with Gasteiger partial charge in [-0.1, -0.05) is 28.6 Å². The smallest absolute Gasteiger partial charge is 0.344 e. The highest BCUT2D eigenvalue weighted by atomic mass is 32.1. The lowest BCUT2D eigenvalue weighted by Gasteiger charge is -2.39. The van der Waals surface area contributed by atoms with E-state index in [4.69, 9.17) is 23.7 Å². The fraction of sp³-hybridized carbons (Fsp3) is 0.528. The Labute approximate surface area is 290 Å². The van der Waals surface area contributed by atoms with Gasteiger partial charge in [0.25, 0.3) is 0 Å². The number of nitroso groups, excluding NO2 is 1. The van der Waals surface area contributed by atoms with Crippen molar-refractivity contribution >= 4 is 23.3 Å². The number of hydrogen-bond acceptors (Lipinski definition) is 12. The summed E-state index contributed by atoms with van der Waals surface area (Å²) in [5, 5.41) is 14.1. The molecule has 2 unspecified atom stereocenters. The molecule has 0 radical (unpaired) electrons. The summed E-state index contributed by atoms with van der Waals surface area (Å²) in [7, 11) is 0. The van der Waals surface area contributed by atoms with Gasteiger partial charge in [-0.3, -0.25) is 14.2 Å². The molecule has 0 saturated carbocycles. The van der Waals surface area contributed by atoms with Gasteiger partial charge in [0.05, 0.1) is 4.88 Å². The summed E-state index contributed by atoms with van der Waals surface area (Å²) in [5.41, 5.74) is 1.44. The van der Waals surface area contributed by atoms with Crippen molar-refractivity contribution in [2.24, 2.45) is 5.18 Å². The van der Waals surface area contributed by atoms with Crippen molar-refractivity contribution in [3.8, 4) is 23.1 Å². The molecule has 49 heavy (non-hydrogen) atoms. The van der Waals surface area contributed by atoms with Gasteiger partial charge in [0.1, 0.15) is 53.2 Å². The first-order valence-electron chi connectivity index (χ1n) is 16.0. The van der Waals surface area contributed by atoms with Crippen LogP contribution in [0.1, 0.15) is 93.6 Å². The maximum absolute atomic E-state index is 12.5.